The van der Waals surface area contributed by atoms with E-state index in [1.165, 1.54) is 24.1 Å². The molecule has 1 N–H and O–H groups in total. The second kappa shape index (κ2) is 13.0. The van der Waals surface area contributed by atoms with Gasteiger partial charge in [0.25, 0.3) is 10.0 Å². The van der Waals surface area contributed by atoms with Gasteiger partial charge in [0, 0.05) is 29.2 Å². The van der Waals surface area contributed by atoms with Crippen molar-refractivity contribution in [1.29, 1.82) is 0 Å². The van der Waals surface area contributed by atoms with E-state index in [0.717, 1.165) is 4.31 Å². The highest BCUT2D eigenvalue weighted by Gasteiger charge is 2.32. The summed E-state index contributed by atoms with van der Waals surface area (Å²) in [5.74, 6) is -0.492. The van der Waals surface area contributed by atoms with Gasteiger partial charge < -0.3 is 15.0 Å². The zero-order valence-corrected chi connectivity index (χ0v) is 23.6. The number of ether oxygens (including phenoxy) is 1. The summed E-state index contributed by atoms with van der Waals surface area (Å²) < 4.78 is 33.9. The van der Waals surface area contributed by atoms with Crippen LogP contribution in [0.1, 0.15) is 19.4 Å². The summed E-state index contributed by atoms with van der Waals surface area (Å²) in [6, 6.07) is 18.2. The van der Waals surface area contributed by atoms with Crippen molar-refractivity contribution in [1.82, 2.24) is 10.2 Å². The largest absolute Gasteiger partial charge is 0.494 e. The van der Waals surface area contributed by atoms with Crippen molar-refractivity contribution in [2.24, 2.45) is 0 Å². The number of benzene rings is 3. The van der Waals surface area contributed by atoms with Crippen molar-refractivity contribution >= 4 is 50.7 Å². The first-order valence-electron chi connectivity index (χ1n) is 11.8. The van der Waals surface area contributed by atoms with Crippen LogP contribution in [0.4, 0.5) is 5.69 Å². The minimum atomic E-state index is -4.16. The Morgan fingerprint density at radius 2 is 1.55 bits per heavy atom. The molecule has 0 spiro atoms. The molecular formula is C27H29Cl2N3O5S. The summed E-state index contributed by atoms with van der Waals surface area (Å²) in [7, 11) is -2.70. The predicted molar refractivity (Wildman–Crippen MR) is 149 cm³/mol. The first kappa shape index (κ1) is 29.3. The topological polar surface area (TPSA) is 96.0 Å². The van der Waals surface area contributed by atoms with Crippen LogP contribution in [-0.2, 0) is 26.2 Å². The first-order valence-corrected chi connectivity index (χ1v) is 14.0. The Morgan fingerprint density at radius 1 is 0.947 bits per heavy atom. The van der Waals surface area contributed by atoms with Gasteiger partial charge in [0.05, 0.1) is 17.2 Å². The number of rotatable bonds is 11. The molecule has 0 saturated carbocycles. The van der Waals surface area contributed by atoms with E-state index < -0.39 is 34.4 Å². The number of carbonyl (C=O) groups excluding carboxylic acids is 2. The summed E-state index contributed by atoms with van der Waals surface area (Å²) in [5, 5.41) is 3.17. The van der Waals surface area contributed by atoms with E-state index in [2.05, 4.69) is 5.32 Å². The van der Waals surface area contributed by atoms with Crippen LogP contribution in [0, 0.1) is 0 Å². The van der Waals surface area contributed by atoms with E-state index >= 15 is 0 Å². The van der Waals surface area contributed by atoms with Crippen LogP contribution >= 0.6 is 23.2 Å². The molecule has 1 atom stereocenters. The zero-order valence-electron chi connectivity index (χ0n) is 21.2. The molecule has 8 nitrogen and oxygen atoms in total. The Balaban J connectivity index is 2.05. The second-order valence-electron chi connectivity index (χ2n) is 8.26. The number of hydrogen-bond acceptors (Lipinski definition) is 5. The molecule has 0 aliphatic heterocycles. The third kappa shape index (κ3) is 6.78. The molecule has 0 unspecified atom stereocenters. The van der Waals surface area contributed by atoms with Gasteiger partial charge in [0.15, 0.2) is 0 Å². The van der Waals surface area contributed by atoms with Gasteiger partial charge >= 0.3 is 0 Å². The first-order chi connectivity index (χ1) is 18.1. The molecule has 0 radical (unpaired) electrons. The van der Waals surface area contributed by atoms with Crippen LogP contribution in [0.25, 0.3) is 0 Å². The molecular weight excluding hydrogens is 549 g/mol. The van der Waals surface area contributed by atoms with E-state index in [4.69, 9.17) is 27.9 Å². The number of halogens is 2. The quantitative estimate of drug-likeness (QED) is 0.354. The molecule has 0 aromatic heterocycles. The average molecular weight is 579 g/mol. The Labute approximate surface area is 233 Å². The molecule has 0 saturated heterocycles. The number of hydrogen-bond donors (Lipinski definition) is 1. The van der Waals surface area contributed by atoms with Crippen LogP contribution in [0.15, 0.2) is 77.7 Å². The van der Waals surface area contributed by atoms with Gasteiger partial charge in [0.1, 0.15) is 18.3 Å². The highest BCUT2D eigenvalue weighted by atomic mass is 35.5. The lowest BCUT2D eigenvalue weighted by Crippen LogP contribution is -2.50. The fourth-order valence-electron chi connectivity index (χ4n) is 3.77. The van der Waals surface area contributed by atoms with Gasteiger partial charge in [-0.1, -0.05) is 47.5 Å². The van der Waals surface area contributed by atoms with Crippen molar-refractivity contribution in [3.63, 3.8) is 0 Å². The van der Waals surface area contributed by atoms with Gasteiger partial charge in [-0.25, -0.2) is 8.42 Å². The number of likely N-dealkylation sites (N-methyl/N-ethyl adjacent to an activating group) is 1. The number of anilines is 1. The average Bonchev–Trinajstić information content (AvgIpc) is 2.91. The summed E-state index contributed by atoms with van der Waals surface area (Å²) in [6.07, 6.45) is 0. The lowest BCUT2D eigenvalue weighted by Gasteiger charge is -2.32. The van der Waals surface area contributed by atoms with Crippen molar-refractivity contribution in [2.45, 2.75) is 31.3 Å². The number of carbonyl (C=O) groups is 2. The zero-order chi connectivity index (χ0) is 27.9. The highest BCUT2D eigenvalue weighted by Crippen LogP contribution is 2.29. The maximum absolute atomic E-state index is 13.8. The molecule has 0 heterocycles. The molecule has 0 aliphatic rings. The molecule has 0 aliphatic carbocycles. The molecule has 2 amide bonds. The molecule has 0 bridgehead atoms. The second-order valence-corrected chi connectivity index (χ2v) is 10.9. The van der Waals surface area contributed by atoms with E-state index in [9.17, 15) is 18.0 Å². The fourth-order valence-corrected chi connectivity index (χ4v) is 5.72. The predicted octanol–water partition coefficient (Wildman–Crippen LogP) is 4.75. The lowest BCUT2D eigenvalue weighted by atomic mass is 10.1. The highest BCUT2D eigenvalue weighted by molar-refractivity contribution is 7.92. The summed E-state index contributed by atoms with van der Waals surface area (Å²) in [6.45, 7) is 3.16. The third-order valence-corrected chi connectivity index (χ3v) is 8.35. The number of nitrogens with zero attached hydrogens (tertiary/aromatic N) is 2. The molecule has 3 aromatic rings. The monoisotopic (exact) mass is 577 g/mol. The van der Waals surface area contributed by atoms with Crippen molar-refractivity contribution in [2.75, 3.05) is 24.5 Å². The molecule has 3 rings (SSSR count). The van der Waals surface area contributed by atoms with Gasteiger partial charge in [-0.15, -0.1) is 0 Å². The summed E-state index contributed by atoms with van der Waals surface area (Å²) >= 11 is 12.7. The lowest BCUT2D eigenvalue weighted by molar-refractivity contribution is -0.139. The van der Waals surface area contributed by atoms with E-state index in [1.54, 1.807) is 67.6 Å². The molecule has 202 valence electrons. The van der Waals surface area contributed by atoms with Crippen LogP contribution in [0.2, 0.25) is 10.0 Å². The van der Waals surface area contributed by atoms with E-state index in [0.29, 0.717) is 28.0 Å². The van der Waals surface area contributed by atoms with Crippen LogP contribution in [0.5, 0.6) is 5.75 Å². The Kier molecular flexibility index (Phi) is 10.0. The number of sulfonamides is 1. The number of amides is 2. The van der Waals surface area contributed by atoms with Crippen molar-refractivity contribution in [3.05, 3.63) is 88.4 Å². The van der Waals surface area contributed by atoms with E-state index in [-0.39, 0.29) is 17.1 Å². The normalized spacial score (nSPS) is 11.9. The smallest absolute Gasteiger partial charge is 0.264 e. The molecule has 38 heavy (non-hydrogen) atoms. The van der Waals surface area contributed by atoms with Crippen LogP contribution in [0.3, 0.4) is 0 Å². The SMILES string of the molecule is CCOc1ccc(N(CC(=O)N(Cc2c(Cl)cccc2Cl)[C@H](C)C(=O)NC)S(=O)(=O)c2ccccc2)cc1. The van der Waals surface area contributed by atoms with Gasteiger partial charge in [-0.3, -0.25) is 13.9 Å². The third-order valence-electron chi connectivity index (χ3n) is 5.85. The Hall–Kier alpha value is -3.27. The minimum Gasteiger partial charge on any atom is -0.494 e. The fraction of sp³-hybridized carbons (Fsp3) is 0.259. The minimum absolute atomic E-state index is 0.0155. The van der Waals surface area contributed by atoms with Gasteiger partial charge in [-0.2, -0.15) is 0 Å². The van der Waals surface area contributed by atoms with Gasteiger partial charge in [-0.05, 0) is 62.4 Å². The van der Waals surface area contributed by atoms with Crippen molar-refractivity contribution in [3.8, 4) is 5.75 Å². The molecule has 0 fully saturated rings. The summed E-state index contributed by atoms with van der Waals surface area (Å²) in [5.41, 5.74) is 0.701. The molecule has 3 aromatic carbocycles. The summed E-state index contributed by atoms with van der Waals surface area (Å²) in [4.78, 5) is 27.6. The van der Waals surface area contributed by atoms with Crippen molar-refractivity contribution < 1.29 is 22.7 Å². The maximum Gasteiger partial charge on any atom is 0.264 e. The van der Waals surface area contributed by atoms with E-state index in [1.807, 2.05) is 6.92 Å². The standard InChI is InChI=1S/C27H29Cl2N3O5S/c1-4-37-21-15-13-20(14-16-21)32(38(35,36)22-9-6-5-7-10-22)18-26(33)31(19(2)27(34)30-3)17-23-24(28)11-8-12-25(23)29/h5-16,19H,4,17-18H2,1-3H3,(H,30,34)/t19-/m1/s1. The van der Waals surface area contributed by atoms with Gasteiger partial charge in [0.2, 0.25) is 11.8 Å². The Morgan fingerprint density at radius 3 is 2.11 bits per heavy atom. The molecule has 11 heteroatoms. The maximum atomic E-state index is 13.8. The Bertz CT molecular complexity index is 1350. The number of nitrogens with one attached hydrogen (secondary N) is 1. The van der Waals surface area contributed by atoms with Crippen LogP contribution < -0.4 is 14.4 Å². The van der Waals surface area contributed by atoms with Crippen LogP contribution in [-0.4, -0.2) is 51.4 Å².